The van der Waals surface area contributed by atoms with Gasteiger partial charge in [0.2, 0.25) is 0 Å². The maximum Gasteiger partial charge on any atom is 0.119 e. The number of hydrogen-bond acceptors (Lipinski definition) is 1. The second-order valence-electron chi connectivity index (χ2n) is 4.61. The number of hydrogen-bond donors (Lipinski definition) is 0. The smallest absolute Gasteiger partial charge is 0.119 e. The maximum absolute atomic E-state index is 5.27. The van der Waals surface area contributed by atoms with Crippen LogP contribution in [0.1, 0.15) is 25.3 Å². The molecule has 1 saturated carbocycles. The normalized spacial score (nSPS) is 19.2. The van der Waals surface area contributed by atoms with E-state index >= 15 is 0 Å². The fourth-order valence-electron chi connectivity index (χ4n) is 2.07. The van der Waals surface area contributed by atoms with Crippen LogP contribution in [0.2, 0.25) is 0 Å². The van der Waals surface area contributed by atoms with Crippen LogP contribution in [0, 0.1) is 5.41 Å². The number of halogens is 2. The number of methoxy groups -OCH3 is 1. The monoisotopic (exact) mass is 346 g/mol. The Balaban J connectivity index is 2.21. The maximum atomic E-state index is 5.27. The fraction of sp³-hybridized carbons (Fsp3) is 0.538. The van der Waals surface area contributed by atoms with E-state index in [2.05, 4.69) is 50.9 Å². The molecule has 0 aliphatic heterocycles. The van der Waals surface area contributed by atoms with Crippen molar-refractivity contribution < 1.29 is 4.74 Å². The van der Waals surface area contributed by atoms with Gasteiger partial charge in [0.15, 0.2) is 0 Å². The van der Waals surface area contributed by atoms with Crippen LogP contribution in [-0.2, 0) is 6.42 Å². The molecule has 1 atom stereocenters. The molecule has 3 heteroatoms. The summed E-state index contributed by atoms with van der Waals surface area (Å²) in [7, 11) is 1.72. The third-order valence-electron chi connectivity index (χ3n) is 3.53. The molecule has 1 aliphatic rings. The Morgan fingerprint density at radius 3 is 2.62 bits per heavy atom. The van der Waals surface area contributed by atoms with E-state index in [1.807, 2.05) is 6.07 Å². The average Bonchev–Trinajstić information content (AvgIpc) is 3.02. The van der Waals surface area contributed by atoms with Gasteiger partial charge in [-0.25, -0.2) is 0 Å². The fourth-order valence-corrected chi connectivity index (χ4v) is 3.08. The van der Waals surface area contributed by atoms with Crippen molar-refractivity contribution >= 4 is 31.9 Å². The van der Waals surface area contributed by atoms with Crippen molar-refractivity contribution in [3.63, 3.8) is 0 Å². The summed E-state index contributed by atoms with van der Waals surface area (Å²) in [4.78, 5) is 0.582. The Hall–Kier alpha value is -0.0200. The number of ether oxygens (including phenoxy) is 1. The van der Waals surface area contributed by atoms with Gasteiger partial charge in [0, 0.05) is 9.30 Å². The molecule has 0 spiro atoms. The van der Waals surface area contributed by atoms with Gasteiger partial charge < -0.3 is 4.74 Å². The van der Waals surface area contributed by atoms with Crippen molar-refractivity contribution in [2.45, 2.75) is 31.0 Å². The molecule has 0 saturated heterocycles. The van der Waals surface area contributed by atoms with Crippen LogP contribution >= 0.6 is 31.9 Å². The summed E-state index contributed by atoms with van der Waals surface area (Å²) in [5, 5.41) is 0. The van der Waals surface area contributed by atoms with Crippen molar-refractivity contribution in [3.8, 4) is 5.75 Å². The number of alkyl halides is 1. The van der Waals surface area contributed by atoms with Crippen molar-refractivity contribution in [2.75, 3.05) is 7.11 Å². The highest BCUT2D eigenvalue weighted by molar-refractivity contribution is 9.10. The molecule has 0 radical (unpaired) electrons. The first kappa shape index (κ1) is 12.4. The van der Waals surface area contributed by atoms with Gasteiger partial charge in [-0.1, -0.05) is 38.8 Å². The minimum atomic E-state index is 0.467. The van der Waals surface area contributed by atoms with Crippen LogP contribution in [0.4, 0.5) is 0 Å². The second kappa shape index (κ2) is 4.69. The minimum Gasteiger partial charge on any atom is -0.497 e. The van der Waals surface area contributed by atoms with E-state index in [0.717, 1.165) is 12.2 Å². The number of rotatable bonds is 4. The molecule has 0 amide bonds. The molecule has 0 aromatic heterocycles. The van der Waals surface area contributed by atoms with Crippen molar-refractivity contribution in [1.29, 1.82) is 0 Å². The molecule has 0 N–H and O–H groups in total. The number of benzene rings is 1. The lowest BCUT2D eigenvalue weighted by molar-refractivity contribution is 0.413. The molecular weight excluding hydrogens is 332 g/mol. The molecule has 1 fully saturated rings. The molecule has 88 valence electrons. The predicted octanol–water partition coefficient (Wildman–Crippen LogP) is 4.56. The second-order valence-corrected chi connectivity index (χ2v) is 6.84. The SMILES string of the molecule is COc1ccc(Br)c(CC2(C(C)Br)CC2)c1. The van der Waals surface area contributed by atoms with E-state index in [0.29, 0.717) is 10.2 Å². The van der Waals surface area contributed by atoms with Crippen LogP contribution in [-0.4, -0.2) is 11.9 Å². The van der Waals surface area contributed by atoms with E-state index in [-0.39, 0.29) is 0 Å². The third kappa shape index (κ3) is 2.45. The zero-order valence-electron chi connectivity index (χ0n) is 9.59. The highest BCUT2D eigenvalue weighted by atomic mass is 79.9. The highest BCUT2D eigenvalue weighted by Crippen LogP contribution is 2.54. The van der Waals surface area contributed by atoms with Gasteiger partial charge in [0.1, 0.15) is 5.75 Å². The van der Waals surface area contributed by atoms with Gasteiger partial charge in [-0.05, 0) is 48.4 Å². The Morgan fingerprint density at radius 2 is 2.12 bits per heavy atom. The first-order chi connectivity index (χ1) is 7.57. The largest absolute Gasteiger partial charge is 0.497 e. The van der Waals surface area contributed by atoms with Gasteiger partial charge in [-0.15, -0.1) is 0 Å². The van der Waals surface area contributed by atoms with E-state index in [1.165, 1.54) is 22.9 Å². The highest BCUT2D eigenvalue weighted by Gasteiger charge is 2.46. The molecule has 1 aliphatic carbocycles. The lowest BCUT2D eigenvalue weighted by atomic mass is 9.94. The molecular formula is C13H16Br2O. The van der Waals surface area contributed by atoms with Crippen LogP contribution < -0.4 is 4.74 Å². The molecule has 0 heterocycles. The van der Waals surface area contributed by atoms with Crippen molar-refractivity contribution in [1.82, 2.24) is 0 Å². The minimum absolute atomic E-state index is 0.467. The average molecular weight is 348 g/mol. The Labute approximate surface area is 114 Å². The van der Waals surface area contributed by atoms with Crippen LogP contribution in [0.15, 0.2) is 22.7 Å². The van der Waals surface area contributed by atoms with Gasteiger partial charge in [0.25, 0.3) is 0 Å². The van der Waals surface area contributed by atoms with E-state index in [4.69, 9.17) is 4.74 Å². The van der Waals surface area contributed by atoms with Crippen LogP contribution in [0.5, 0.6) is 5.75 Å². The summed E-state index contributed by atoms with van der Waals surface area (Å²) < 4.78 is 6.46. The summed E-state index contributed by atoms with van der Waals surface area (Å²) in [5.74, 6) is 0.941. The first-order valence-electron chi connectivity index (χ1n) is 5.54. The topological polar surface area (TPSA) is 9.23 Å². The first-order valence-corrected chi connectivity index (χ1v) is 7.25. The van der Waals surface area contributed by atoms with Crippen molar-refractivity contribution in [2.24, 2.45) is 5.41 Å². The molecule has 2 rings (SSSR count). The zero-order valence-corrected chi connectivity index (χ0v) is 12.8. The Kier molecular flexibility index (Phi) is 3.65. The van der Waals surface area contributed by atoms with Crippen LogP contribution in [0.25, 0.3) is 0 Å². The molecule has 1 unspecified atom stereocenters. The summed E-state index contributed by atoms with van der Waals surface area (Å²) in [6, 6.07) is 6.20. The molecule has 1 nitrogen and oxygen atoms in total. The Bertz CT molecular complexity index is 384. The van der Waals surface area contributed by atoms with Gasteiger partial charge in [-0.2, -0.15) is 0 Å². The molecule has 16 heavy (non-hydrogen) atoms. The van der Waals surface area contributed by atoms with Gasteiger partial charge in [0.05, 0.1) is 7.11 Å². The summed E-state index contributed by atoms with van der Waals surface area (Å²) in [6.45, 7) is 2.25. The van der Waals surface area contributed by atoms with E-state index in [1.54, 1.807) is 7.11 Å². The lowest BCUT2D eigenvalue weighted by Crippen LogP contribution is -2.15. The summed E-state index contributed by atoms with van der Waals surface area (Å²) in [5.41, 5.74) is 1.82. The van der Waals surface area contributed by atoms with Gasteiger partial charge in [-0.3, -0.25) is 0 Å². The summed E-state index contributed by atoms with van der Waals surface area (Å²) in [6.07, 6.45) is 3.77. The lowest BCUT2D eigenvalue weighted by Gasteiger charge is -2.19. The van der Waals surface area contributed by atoms with Crippen LogP contribution in [0.3, 0.4) is 0 Å². The molecule has 0 bridgehead atoms. The zero-order chi connectivity index (χ0) is 11.8. The van der Waals surface area contributed by atoms with E-state index < -0.39 is 0 Å². The van der Waals surface area contributed by atoms with E-state index in [9.17, 15) is 0 Å². The van der Waals surface area contributed by atoms with Gasteiger partial charge >= 0.3 is 0 Å². The standard InChI is InChI=1S/C13H16Br2O/c1-9(14)13(5-6-13)8-10-7-11(16-2)3-4-12(10)15/h3-4,7,9H,5-6,8H2,1-2H3. The third-order valence-corrected chi connectivity index (χ3v) is 5.28. The predicted molar refractivity (Wildman–Crippen MR) is 74.5 cm³/mol. The quantitative estimate of drug-likeness (QED) is 0.725. The molecule has 1 aromatic carbocycles. The van der Waals surface area contributed by atoms with Crippen molar-refractivity contribution in [3.05, 3.63) is 28.2 Å². The summed E-state index contributed by atoms with van der Waals surface area (Å²) >= 11 is 7.35. The Morgan fingerprint density at radius 1 is 1.44 bits per heavy atom. The molecule has 1 aromatic rings.